The fourth-order valence-electron chi connectivity index (χ4n) is 5.51. The molecule has 0 bridgehead atoms. The Labute approximate surface area is 287 Å². The Kier molecular flexibility index (Phi) is 14.5. The Bertz CT molecular complexity index is 1510. The molecule has 0 unspecified atom stereocenters. The average molecular weight is 671 g/mol. The second-order valence-electron chi connectivity index (χ2n) is 12.5. The molecule has 3 amide bonds. The minimum Gasteiger partial charge on any atom is -0.388 e. The number of hydrogen-bond acceptors (Lipinski definition) is 8. The number of carbonyl (C=O) groups is 5. The van der Waals surface area contributed by atoms with Crippen molar-refractivity contribution >= 4 is 29.7 Å². The van der Waals surface area contributed by atoms with Crippen LogP contribution in [-0.2, 0) is 41.5 Å². The predicted octanol–water partition coefficient (Wildman–Crippen LogP) is 3.08. The van der Waals surface area contributed by atoms with Gasteiger partial charge in [-0.1, -0.05) is 92.7 Å². The van der Waals surface area contributed by atoms with E-state index in [-0.39, 0.29) is 36.8 Å². The zero-order chi connectivity index (χ0) is 35.0. The molecule has 1 heterocycles. The molecule has 3 atom stereocenters. The van der Waals surface area contributed by atoms with Crippen LogP contribution in [0.2, 0.25) is 0 Å². The third-order valence-corrected chi connectivity index (χ3v) is 8.11. The number of aryl methyl sites for hydroxylation is 1. The summed E-state index contributed by atoms with van der Waals surface area (Å²) in [5.74, 6) is -3.17. The molecular weight excluding hydrogens is 624 g/mol. The molecule has 11 nitrogen and oxygen atoms in total. The molecule has 260 valence electrons. The van der Waals surface area contributed by atoms with Crippen LogP contribution >= 0.6 is 0 Å². The van der Waals surface area contributed by atoms with Crippen molar-refractivity contribution in [2.45, 2.75) is 57.7 Å². The minimum atomic E-state index is -1.21. The first-order valence-electron chi connectivity index (χ1n) is 16.8. The van der Waals surface area contributed by atoms with Gasteiger partial charge >= 0.3 is 11.9 Å². The van der Waals surface area contributed by atoms with Crippen molar-refractivity contribution in [3.05, 3.63) is 108 Å². The van der Waals surface area contributed by atoms with Crippen molar-refractivity contribution in [2.24, 2.45) is 5.92 Å². The van der Waals surface area contributed by atoms with Gasteiger partial charge in [0.2, 0.25) is 17.7 Å². The van der Waals surface area contributed by atoms with Crippen LogP contribution in [0.1, 0.15) is 48.2 Å². The smallest absolute Gasteiger partial charge is 0.345 e. The molecular formula is C38H46N4O7. The van der Waals surface area contributed by atoms with E-state index < -0.39 is 41.9 Å². The molecule has 1 aliphatic rings. The molecule has 49 heavy (non-hydrogen) atoms. The van der Waals surface area contributed by atoms with E-state index in [9.17, 15) is 24.0 Å². The maximum atomic E-state index is 13.8. The normalized spacial score (nSPS) is 15.0. The van der Waals surface area contributed by atoms with Gasteiger partial charge in [0.05, 0.1) is 25.3 Å². The second-order valence-corrected chi connectivity index (χ2v) is 12.5. The van der Waals surface area contributed by atoms with Gasteiger partial charge < -0.3 is 25.4 Å². The number of amides is 3. The summed E-state index contributed by atoms with van der Waals surface area (Å²) in [5, 5.41) is 8.47. The van der Waals surface area contributed by atoms with Crippen molar-refractivity contribution in [3.63, 3.8) is 0 Å². The number of esters is 2. The van der Waals surface area contributed by atoms with Crippen LogP contribution in [0.3, 0.4) is 0 Å². The van der Waals surface area contributed by atoms with Gasteiger partial charge in [-0.05, 0) is 48.4 Å². The number of ether oxygens (including phenoxy) is 2. The first-order valence-corrected chi connectivity index (χ1v) is 16.8. The molecule has 4 rings (SSSR count). The first kappa shape index (κ1) is 37.0. The SMILES string of the molecule is CC(C)C[C@H](NC(=O)[C@H](CCc1ccccc1)NC(=O)CN1CCOCC1)C(=O)N[C@@H](Cc1ccccc1)C(=O)OC(=O)c1ccccc1. The van der Waals surface area contributed by atoms with E-state index in [0.717, 1.165) is 11.1 Å². The zero-order valence-electron chi connectivity index (χ0n) is 28.1. The molecule has 11 heteroatoms. The van der Waals surface area contributed by atoms with Crippen LogP contribution in [0.4, 0.5) is 0 Å². The summed E-state index contributed by atoms with van der Waals surface area (Å²) in [4.78, 5) is 68.8. The van der Waals surface area contributed by atoms with Crippen LogP contribution in [0, 0.1) is 5.92 Å². The average Bonchev–Trinajstić information content (AvgIpc) is 3.10. The molecule has 1 aliphatic heterocycles. The lowest BCUT2D eigenvalue weighted by molar-refractivity contribution is -0.143. The summed E-state index contributed by atoms with van der Waals surface area (Å²) in [6, 6.07) is 23.6. The second kappa shape index (κ2) is 19.2. The highest BCUT2D eigenvalue weighted by Crippen LogP contribution is 2.12. The Hall–Kier alpha value is -4.87. The summed E-state index contributed by atoms with van der Waals surface area (Å²) >= 11 is 0. The highest BCUT2D eigenvalue weighted by Gasteiger charge is 2.32. The molecule has 0 aliphatic carbocycles. The predicted molar refractivity (Wildman–Crippen MR) is 184 cm³/mol. The molecule has 3 N–H and O–H groups in total. The van der Waals surface area contributed by atoms with Gasteiger partial charge in [0, 0.05) is 19.5 Å². The van der Waals surface area contributed by atoms with Crippen LogP contribution in [-0.4, -0.2) is 85.5 Å². The van der Waals surface area contributed by atoms with Gasteiger partial charge in [-0.2, -0.15) is 0 Å². The van der Waals surface area contributed by atoms with Crippen molar-refractivity contribution in [3.8, 4) is 0 Å². The Balaban J connectivity index is 1.49. The van der Waals surface area contributed by atoms with Crippen molar-refractivity contribution in [1.82, 2.24) is 20.9 Å². The number of nitrogens with zero attached hydrogens (tertiary/aromatic N) is 1. The van der Waals surface area contributed by atoms with Gasteiger partial charge in [0.15, 0.2) is 0 Å². The Morgan fingerprint density at radius 1 is 0.714 bits per heavy atom. The molecule has 3 aromatic rings. The number of benzene rings is 3. The van der Waals surface area contributed by atoms with Crippen LogP contribution in [0.15, 0.2) is 91.0 Å². The summed E-state index contributed by atoms with van der Waals surface area (Å²) in [6.45, 7) is 6.27. The Morgan fingerprint density at radius 2 is 1.27 bits per heavy atom. The summed E-state index contributed by atoms with van der Waals surface area (Å²) in [7, 11) is 0. The lowest BCUT2D eigenvalue weighted by atomic mass is 10.00. The van der Waals surface area contributed by atoms with E-state index >= 15 is 0 Å². The van der Waals surface area contributed by atoms with Gasteiger partial charge in [0.1, 0.15) is 18.1 Å². The van der Waals surface area contributed by atoms with Crippen molar-refractivity contribution < 1.29 is 33.4 Å². The van der Waals surface area contributed by atoms with E-state index in [1.54, 1.807) is 42.5 Å². The lowest BCUT2D eigenvalue weighted by Crippen LogP contribution is -2.57. The third kappa shape index (κ3) is 12.6. The molecule has 0 spiro atoms. The highest BCUT2D eigenvalue weighted by atomic mass is 16.6. The molecule has 3 aromatic carbocycles. The first-order chi connectivity index (χ1) is 23.7. The maximum absolute atomic E-state index is 13.8. The quantitative estimate of drug-likeness (QED) is 0.156. The molecule has 0 saturated carbocycles. The number of hydrogen-bond donors (Lipinski definition) is 3. The van der Waals surface area contributed by atoms with Crippen molar-refractivity contribution in [1.29, 1.82) is 0 Å². The van der Waals surface area contributed by atoms with Gasteiger partial charge in [-0.15, -0.1) is 0 Å². The fourth-order valence-corrected chi connectivity index (χ4v) is 5.51. The van der Waals surface area contributed by atoms with Crippen LogP contribution in [0.5, 0.6) is 0 Å². The maximum Gasteiger partial charge on any atom is 0.345 e. The van der Waals surface area contributed by atoms with Crippen molar-refractivity contribution in [2.75, 3.05) is 32.8 Å². The fraction of sp³-hybridized carbons (Fsp3) is 0.395. The monoisotopic (exact) mass is 670 g/mol. The number of morpholine rings is 1. The Morgan fingerprint density at radius 3 is 1.88 bits per heavy atom. The van der Waals surface area contributed by atoms with Gasteiger partial charge in [-0.3, -0.25) is 19.3 Å². The van der Waals surface area contributed by atoms with Crippen LogP contribution in [0.25, 0.3) is 0 Å². The van der Waals surface area contributed by atoms with Crippen LogP contribution < -0.4 is 16.0 Å². The van der Waals surface area contributed by atoms with E-state index in [1.807, 2.05) is 55.1 Å². The summed E-state index contributed by atoms with van der Waals surface area (Å²) in [5.41, 5.74) is 1.94. The molecule has 1 fully saturated rings. The van der Waals surface area contributed by atoms with E-state index in [4.69, 9.17) is 9.47 Å². The molecule has 0 radical (unpaired) electrons. The highest BCUT2D eigenvalue weighted by molar-refractivity contribution is 5.99. The zero-order valence-corrected chi connectivity index (χ0v) is 28.1. The number of carbonyl (C=O) groups excluding carboxylic acids is 5. The van der Waals surface area contributed by atoms with E-state index in [2.05, 4.69) is 16.0 Å². The topological polar surface area (TPSA) is 143 Å². The van der Waals surface area contributed by atoms with E-state index in [0.29, 0.717) is 39.1 Å². The standard InChI is InChI=1S/C38H46N4O7/c1-27(2)24-32(36(45)41-33(25-29-14-8-4-9-15-29)38(47)49-37(46)30-16-10-5-11-17-30)40-35(44)31(19-18-28-12-6-3-7-13-28)39-34(43)26-42-20-22-48-23-21-42/h3-17,27,31-33H,18-26H2,1-2H3,(H,39,43)(H,40,44)(H,41,45)/t31-,32-,33-/m0/s1. The van der Waals surface area contributed by atoms with Gasteiger partial charge in [-0.25, -0.2) is 9.59 Å². The summed E-state index contributed by atoms with van der Waals surface area (Å²) < 4.78 is 10.6. The summed E-state index contributed by atoms with van der Waals surface area (Å²) in [6.07, 6.45) is 1.16. The minimum absolute atomic E-state index is 0.00564. The lowest BCUT2D eigenvalue weighted by Gasteiger charge is -2.28. The molecule has 1 saturated heterocycles. The molecule has 0 aromatic heterocycles. The number of nitrogens with one attached hydrogen (secondary N) is 3. The van der Waals surface area contributed by atoms with E-state index in [1.165, 1.54) is 12.1 Å². The third-order valence-electron chi connectivity index (χ3n) is 8.11. The number of rotatable bonds is 16. The van der Waals surface area contributed by atoms with Gasteiger partial charge in [0.25, 0.3) is 0 Å². The largest absolute Gasteiger partial charge is 0.388 e.